The SMILES string of the molecule is CCC[C@@H](NC(=O)c1cc(C)sc1C)C(=O)O. The number of thiophene rings is 1. The summed E-state index contributed by atoms with van der Waals surface area (Å²) >= 11 is 1.54. The Labute approximate surface area is 105 Å². The second-order valence-electron chi connectivity index (χ2n) is 3.98. The molecule has 0 radical (unpaired) electrons. The van der Waals surface area contributed by atoms with Gasteiger partial charge >= 0.3 is 5.97 Å². The Hall–Kier alpha value is -1.36. The lowest BCUT2D eigenvalue weighted by Gasteiger charge is -2.13. The zero-order chi connectivity index (χ0) is 13.0. The van der Waals surface area contributed by atoms with Crippen molar-refractivity contribution in [1.29, 1.82) is 0 Å². The first kappa shape index (κ1) is 13.7. The molecule has 0 aliphatic heterocycles. The van der Waals surface area contributed by atoms with Crippen molar-refractivity contribution in [2.24, 2.45) is 0 Å². The van der Waals surface area contributed by atoms with Gasteiger partial charge in [-0.1, -0.05) is 13.3 Å². The molecular weight excluding hydrogens is 238 g/mol. The summed E-state index contributed by atoms with van der Waals surface area (Å²) in [6.07, 6.45) is 1.17. The largest absolute Gasteiger partial charge is 0.480 e. The van der Waals surface area contributed by atoms with Gasteiger partial charge in [-0.25, -0.2) is 4.79 Å². The molecule has 1 aromatic heterocycles. The van der Waals surface area contributed by atoms with Gasteiger partial charge in [0.1, 0.15) is 6.04 Å². The molecular formula is C12H17NO3S. The van der Waals surface area contributed by atoms with Gasteiger partial charge in [-0.15, -0.1) is 11.3 Å². The average molecular weight is 255 g/mol. The second kappa shape index (κ2) is 5.82. The highest BCUT2D eigenvalue weighted by molar-refractivity contribution is 7.12. The molecule has 4 nitrogen and oxygen atoms in total. The highest BCUT2D eigenvalue weighted by Gasteiger charge is 2.21. The number of nitrogens with one attached hydrogen (secondary N) is 1. The fourth-order valence-electron chi connectivity index (χ4n) is 1.64. The lowest BCUT2D eigenvalue weighted by Crippen LogP contribution is -2.40. The van der Waals surface area contributed by atoms with Crippen LogP contribution in [-0.4, -0.2) is 23.0 Å². The van der Waals surface area contributed by atoms with Crippen LogP contribution in [-0.2, 0) is 4.79 Å². The Morgan fingerprint density at radius 1 is 1.47 bits per heavy atom. The van der Waals surface area contributed by atoms with Gasteiger partial charge in [0, 0.05) is 9.75 Å². The van der Waals surface area contributed by atoms with Crippen molar-refractivity contribution in [3.05, 3.63) is 21.4 Å². The highest BCUT2D eigenvalue weighted by atomic mass is 32.1. The monoisotopic (exact) mass is 255 g/mol. The van der Waals surface area contributed by atoms with Crippen LogP contribution in [0.4, 0.5) is 0 Å². The Kier molecular flexibility index (Phi) is 4.69. The number of rotatable bonds is 5. The molecule has 1 rings (SSSR count). The molecule has 0 aliphatic carbocycles. The molecule has 1 amide bonds. The Morgan fingerprint density at radius 2 is 2.12 bits per heavy atom. The summed E-state index contributed by atoms with van der Waals surface area (Å²) in [5.41, 5.74) is 0.579. The number of aliphatic carboxylic acids is 1. The predicted octanol–water partition coefficient (Wildman–Crippen LogP) is 2.35. The molecule has 0 unspecified atom stereocenters. The number of carboxylic acids is 1. The van der Waals surface area contributed by atoms with Crippen LogP contribution in [0, 0.1) is 13.8 Å². The third-order valence-corrected chi connectivity index (χ3v) is 3.43. The number of hydrogen-bond donors (Lipinski definition) is 2. The minimum atomic E-state index is -0.982. The molecule has 94 valence electrons. The minimum absolute atomic E-state index is 0.298. The van der Waals surface area contributed by atoms with E-state index in [0.29, 0.717) is 12.0 Å². The number of carbonyl (C=O) groups is 2. The normalized spacial score (nSPS) is 12.2. The quantitative estimate of drug-likeness (QED) is 0.848. The molecule has 1 atom stereocenters. The molecule has 1 heterocycles. The van der Waals surface area contributed by atoms with E-state index in [0.717, 1.165) is 16.2 Å². The van der Waals surface area contributed by atoms with Crippen molar-refractivity contribution in [3.63, 3.8) is 0 Å². The molecule has 0 fully saturated rings. The second-order valence-corrected chi connectivity index (χ2v) is 5.44. The van der Waals surface area contributed by atoms with Gasteiger partial charge in [0.05, 0.1) is 5.56 Å². The molecule has 0 saturated carbocycles. The summed E-state index contributed by atoms with van der Waals surface area (Å²) in [4.78, 5) is 24.8. The van der Waals surface area contributed by atoms with Crippen molar-refractivity contribution in [3.8, 4) is 0 Å². The van der Waals surface area contributed by atoms with Gasteiger partial charge in [-0.05, 0) is 26.3 Å². The van der Waals surface area contributed by atoms with Crippen molar-refractivity contribution in [2.75, 3.05) is 0 Å². The van der Waals surface area contributed by atoms with E-state index in [9.17, 15) is 9.59 Å². The van der Waals surface area contributed by atoms with Crippen molar-refractivity contribution in [2.45, 2.75) is 39.7 Å². The lowest BCUT2D eigenvalue weighted by atomic mass is 10.1. The van der Waals surface area contributed by atoms with Crippen molar-refractivity contribution in [1.82, 2.24) is 5.32 Å². The standard InChI is InChI=1S/C12H17NO3S/c1-4-5-10(12(15)16)13-11(14)9-6-7(2)17-8(9)3/h6,10H,4-5H2,1-3H3,(H,13,14)(H,15,16)/t10-/m1/s1. The number of amides is 1. The summed E-state index contributed by atoms with van der Waals surface area (Å²) in [5, 5.41) is 11.5. The summed E-state index contributed by atoms with van der Waals surface area (Å²) in [7, 11) is 0. The van der Waals surface area contributed by atoms with Crippen LogP contribution in [0.2, 0.25) is 0 Å². The van der Waals surface area contributed by atoms with Gasteiger partial charge in [-0.3, -0.25) is 4.79 Å². The van der Waals surface area contributed by atoms with Crippen LogP contribution in [0.5, 0.6) is 0 Å². The predicted molar refractivity (Wildman–Crippen MR) is 67.6 cm³/mol. The minimum Gasteiger partial charge on any atom is -0.480 e. The zero-order valence-corrected chi connectivity index (χ0v) is 11.1. The molecule has 0 aromatic carbocycles. The molecule has 5 heteroatoms. The first-order valence-electron chi connectivity index (χ1n) is 5.56. The Balaban J connectivity index is 2.77. The first-order chi connectivity index (χ1) is 7.95. The van der Waals surface area contributed by atoms with Crippen LogP contribution < -0.4 is 5.32 Å². The highest BCUT2D eigenvalue weighted by Crippen LogP contribution is 2.20. The van der Waals surface area contributed by atoms with E-state index in [-0.39, 0.29) is 5.91 Å². The molecule has 0 bridgehead atoms. The molecule has 0 saturated heterocycles. The van der Waals surface area contributed by atoms with Gasteiger partial charge in [0.15, 0.2) is 0 Å². The maximum absolute atomic E-state index is 11.9. The number of aryl methyl sites for hydroxylation is 2. The van der Waals surface area contributed by atoms with E-state index in [1.54, 1.807) is 6.07 Å². The topological polar surface area (TPSA) is 66.4 Å². The van der Waals surface area contributed by atoms with E-state index < -0.39 is 12.0 Å². The van der Waals surface area contributed by atoms with Gasteiger partial charge in [-0.2, -0.15) is 0 Å². The number of carboxylic acid groups (broad SMARTS) is 1. The van der Waals surface area contributed by atoms with E-state index in [1.165, 1.54) is 11.3 Å². The number of hydrogen-bond acceptors (Lipinski definition) is 3. The summed E-state index contributed by atoms with van der Waals surface area (Å²) in [6.45, 7) is 5.68. The lowest BCUT2D eigenvalue weighted by molar-refractivity contribution is -0.139. The van der Waals surface area contributed by atoms with Crippen molar-refractivity contribution < 1.29 is 14.7 Å². The van der Waals surface area contributed by atoms with Crippen LogP contribution in [0.3, 0.4) is 0 Å². The van der Waals surface area contributed by atoms with E-state index in [1.807, 2.05) is 20.8 Å². The maximum Gasteiger partial charge on any atom is 0.326 e. The van der Waals surface area contributed by atoms with E-state index in [2.05, 4.69) is 5.32 Å². The van der Waals surface area contributed by atoms with Crippen LogP contribution >= 0.6 is 11.3 Å². The van der Waals surface area contributed by atoms with Crippen LogP contribution in [0.25, 0.3) is 0 Å². The Bertz CT molecular complexity index is 425. The maximum atomic E-state index is 11.9. The molecule has 1 aromatic rings. The summed E-state index contributed by atoms with van der Waals surface area (Å²) < 4.78 is 0. The third-order valence-electron chi connectivity index (χ3n) is 2.47. The smallest absolute Gasteiger partial charge is 0.326 e. The molecule has 0 spiro atoms. The van der Waals surface area contributed by atoms with Gasteiger partial charge in [0.25, 0.3) is 5.91 Å². The number of carbonyl (C=O) groups excluding carboxylic acids is 1. The first-order valence-corrected chi connectivity index (χ1v) is 6.38. The van der Waals surface area contributed by atoms with Crippen molar-refractivity contribution >= 4 is 23.2 Å². The molecule has 2 N–H and O–H groups in total. The Morgan fingerprint density at radius 3 is 2.53 bits per heavy atom. The average Bonchev–Trinajstić information content (AvgIpc) is 2.57. The van der Waals surface area contributed by atoms with Gasteiger partial charge < -0.3 is 10.4 Å². The van der Waals surface area contributed by atoms with Crippen LogP contribution in [0.1, 0.15) is 39.9 Å². The fraction of sp³-hybridized carbons (Fsp3) is 0.500. The summed E-state index contributed by atoms with van der Waals surface area (Å²) in [6, 6.07) is 0.993. The molecule has 0 aliphatic rings. The third kappa shape index (κ3) is 3.56. The van der Waals surface area contributed by atoms with E-state index >= 15 is 0 Å². The summed E-state index contributed by atoms with van der Waals surface area (Å²) in [5.74, 6) is -1.28. The fourth-order valence-corrected chi connectivity index (χ4v) is 2.56. The van der Waals surface area contributed by atoms with E-state index in [4.69, 9.17) is 5.11 Å². The molecule has 17 heavy (non-hydrogen) atoms. The van der Waals surface area contributed by atoms with Crippen LogP contribution in [0.15, 0.2) is 6.07 Å². The van der Waals surface area contributed by atoms with Gasteiger partial charge in [0.2, 0.25) is 0 Å². The zero-order valence-electron chi connectivity index (χ0n) is 10.2.